The second kappa shape index (κ2) is 8.78. The summed E-state index contributed by atoms with van der Waals surface area (Å²) in [5.74, 6) is 0.265. The van der Waals surface area contributed by atoms with Gasteiger partial charge >= 0.3 is 0 Å². The SMILES string of the molecule is O=C(CSc1ncnc2ccsc12)N1CCN(S(=O)(=O)Cc2ccccc2)CC1. The predicted octanol–water partition coefficient (Wildman–Crippen LogP) is 2.46. The van der Waals surface area contributed by atoms with Crippen LogP contribution in [0.5, 0.6) is 0 Å². The van der Waals surface area contributed by atoms with Gasteiger partial charge in [-0.25, -0.2) is 18.4 Å². The first-order valence-corrected chi connectivity index (χ1v) is 12.6. The molecule has 29 heavy (non-hydrogen) atoms. The summed E-state index contributed by atoms with van der Waals surface area (Å²) >= 11 is 2.96. The topological polar surface area (TPSA) is 83.5 Å². The maximum absolute atomic E-state index is 12.6. The van der Waals surface area contributed by atoms with Gasteiger partial charge in [0, 0.05) is 26.2 Å². The molecule has 0 atom stereocenters. The van der Waals surface area contributed by atoms with Crippen molar-refractivity contribution >= 4 is 49.2 Å². The summed E-state index contributed by atoms with van der Waals surface area (Å²) in [5.41, 5.74) is 1.66. The van der Waals surface area contributed by atoms with Gasteiger partial charge in [0.15, 0.2) is 0 Å². The van der Waals surface area contributed by atoms with E-state index in [2.05, 4.69) is 9.97 Å². The van der Waals surface area contributed by atoms with Crippen molar-refractivity contribution in [2.24, 2.45) is 0 Å². The van der Waals surface area contributed by atoms with E-state index in [-0.39, 0.29) is 17.4 Å². The van der Waals surface area contributed by atoms with Crippen molar-refractivity contribution in [2.75, 3.05) is 31.9 Å². The lowest BCUT2D eigenvalue weighted by molar-refractivity contribution is -0.129. The molecule has 7 nitrogen and oxygen atoms in total. The summed E-state index contributed by atoms with van der Waals surface area (Å²) in [5, 5.41) is 2.77. The molecule has 1 aliphatic rings. The fourth-order valence-corrected chi connectivity index (χ4v) is 6.55. The number of rotatable bonds is 6. The molecule has 0 spiro atoms. The number of sulfonamides is 1. The number of fused-ring (bicyclic) bond motifs is 1. The lowest BCUT2D eigenvalue weighted by atomic mass is 10.2. The number of benzene rings is 1. The number of nitrogens with zero attached hydrogens (tertiary/aromatic N) is 4. The van der Waals surface area contributed by atoms with E-state index in [9.17, 15) is 13.2 Å². The molecule has 1 saturated heterocycles. The third kappa shape index (κ3) is 4.77. The zero-order chi connectivity index (χ0) is 20.3. The molecule has 152 valence electrons. The Hall–Kier alpha value is -2.01. The zero-order valence-corrected chi connectivity index (χ0v) is 18.0. The number of hydrogen-bond donors (Lipinski definition) is 0. The van der Waals surface area contributed by atoms with E-state index >= 15 is 0 Å². The second-order valence-electron chi connectivity index (χ2n) is 6.62. The average Bonchev–Trinajstić information content (AvgIpc) is 3.22. The van der Waals surface area contributed by atoms with Gasteiger partial charge in [-0.1, -0.05) is 42.1 Å². The number of carbonyl (C=O) groups excluding carboxylic acids is 1. The maximum Gasteiger partial charge on any atom is 0.233 e. The van der Waals surface area contributed by atoms with E-state index in [0.717, 1.165) is 20.8 Å². The molecule has 0 aliphatic carbocycles. The van der Waals surface area contributed by atoms with Crippen LogP contribution in [0.1, 0.15) is 5.56 Å². The van der Waals surface area contributed by atoms with E-state index in [0.29, 0.717) is 26.2 Å². The highest BCUT2D eigenvalue weighted by atomic mass is 32.2. The smallest absolute Gasteiger partial charge is 0.233 e. The Morgan fingerprint density at radius 2 is 1.83 bits per heavy atom. The van der Waals surface area contributed by atoms with Crippen molar-refractivity contribution in [1.29, 1.82) is 0 Å². The molecule has 0 N–H and O–H groups in total. The van der Waals surface area contributed by atoms with Crippen LogP contribution in [0.4, 0.5) is 0 Å². The minimum absolute atomic E-state index is 0.00146. The quantitative estimate of drug-likeness (QED) is 0.426. The third-order valence-corrected chi connectivity index (χ3v) is 8.58. The lowest BCUT2D eigenvalue weighted by Crippen LogP contribution is -2.51. The van der Waals surface area contributed by atoms with E-state index in [4.69, 9.17) is 0 Å². The van der Waals surface area contributed by atoms with Crippen LogP contribution in [0.2, 0.25) is 0 Å². The first kappa shape index (κ1) is 20.3. The van der Waals surface area contributed by atoms with Crippen molar-refractivity contribution in [3.8, 4) is 0 Å². The first-order chi connectivity index (χ1) is 14.0. The largest absolute Gasteiger partial charge is 0.339 e. The predicted molar refractivity (Wildman–Crippen MR) is 115 cm³/mol. The monoisotopic (exact) mass is 448 g/mol. The molecule has 1 fully saturated rings. The number of amides is 1. The summed E-state index contributed by atoms with van der Waals surface area (Å²) in [6, 6.07) is 11.1. The number of carbonyl (C=O) groups is 1. The van der Waals surface area contributed by atoms with Gasteiger partial charge in [-0.05, 0) is 17.0 Å². The molecule has 0 unspecified atom stereocenters. The normalized spacial score (nSPS) is 15.7. The van der Waals surface area contributed by atoms with E-state index in [1.807, 2.05) is 41.8 Å². The van der Waals surface area contributed by atoms with Gasteiger partial charge in [0.1, 0.15) is 11.4 Å². The van der Waals surface area contributed by atoms with Crippen molar-refractivity contribution in [3.05, 3.63) is 53.7 Å². The van der Waals surface area contributed by atoms with Crippen molar-refractivity contribution in [1.82, 2.24) is 19.2 Å². The van der Waals surface area contributed by atoms with Gasteiger partial charge < -0.3 is 4.90 Å². The lowest BCUT2D eigenvalue weighted by Gasteiger charge is -2.34. The molecule has 4 rings (SSSR count). The van der Waals surface area contributed by atoms with Gasteiger partial charge in [0.2, 0.25) is 15.9 Å². The molecule has 0 saturated carbocycles. The fraction of sp³-hybridized carbons (Fsp3) is 0.316. The summed E-state index contributed by atoms with van der Waals surface area (Å²) in [6.45, 7) is 1.47. The highest BCUT2D eigenvalue weighted by Gasteiger charge is 2.29. The van der Waals surface area contributed by atoms with E-state index < -0.39 is 10.0 Å². The van der Waals surface area contributed by atoms with Gasteiger partial charge in [-0.2, -0.15) is 4.31 Å². The zero-order valence-electron chi connectivity index (χ0n) is 15.6. The maximum atomic E-state index is 12.6. The van der Waals surface area contributed by atoms with E-state index in [1.165, 1.54) is 22.4 Å². The van der Waals surface area contributed by atoms with Crippen LogP contribution in [0.3, 0.4) is 0 Å². The average molecular weight is 449 g/mol. The minimum atomic E-state index is -3.38. The van der Waals surface area contributed by atoms with Crippen LogP contribution in [0.15, 0.2) is 53.1 Å². The molecule has 1 amide bonds. The standard InChI is InChI=1S/C19H20N4O3S3/c24-17(12-28-19-18-16(6-11-27-18)20-14-21-19)22-7-9-23(10-8-22)29(25,26)13-15-4-2-1-3-5-15/h1-6,11,14H,7-10,12-13H2. The Balaban J connectivity index is 1.31. The van der Waals surface area contributed by atoms with Crippen LogP contribution in [-0.2, 0) is 20.6 Å². The Bertz CT molecular complexity index is 1090. The molecule has 0 radical (unpaired) electrons. The Labute approximate surface area is 177 Å². The number of thioether (sulfide) groups is 1. The van der Waals surface area contributed by atoms with Gasteiger partial charge in [0.05, 0.1) is 21.7 Å². The van der Waals surface area contributed by atoms with Crippen molar-refractivity contribution < 1.29 is 13.2 Å². The minimum Gasteiger partial charge on any atom is -0.339 e. The van der Waals surface area contributed by atoms with Gasteiger partial charge in [0.25, 0.3) is 0 Å². The second-order valence-corrected chi connectivity index (χ2v) is 10.5. The van der Waals surface area contributed by atoms with Crippen molar-refractivity contribution in [3.63, 3.8) is 0 Å². The number of thiophene rings is 1. The molecule has 0 bridgehead atoms. The molecule has 1 aliphatic heterocycles. The number of hydrogen-bond acceptors (Lipinski definition) is 7. The van der Waals surface area contributed by atoms with E-state index in [1.54, 1.807) is 16.2 Å². The molecule has 1 aromatic carbocycles. The van der Waals surface area contributed by atoms with Gasteiger partial charge in [-0.3, -0.25) is 4.79 Å². The van der Waals surface area contributed by atoms with Gasteiger partial charge in [-0.15, -0.1) is 11.3 Å². The molecule has 2 aromatic heterocycles. The number of piperazine rings is 1. The summed E-state index contributed by atoms with van der Waals surface area (Å²) in [6.07, 6.45) is 1.51. The number of aromatic nitrogens is 2. The highest BCUT2D eigenvalue weighted by Crippen LogP contribution is 2.28. The van der Waals surface area contributed by atoms with Crippen LogP contribution >= 0.6 is 23.1 Å². The highest BCUT2D eigenvalue weighted by molar-refractivity contribution is 8.00. The molecule has 3 heterocycles. The molecule has 10 heteroatoms. The summed E-state index contributed by atoms with van der Waals surface area (Å²) in [4.78, 5) is 22.8. The van der Waals surface area contributed by atoms with Crippen LogP contribution < -0.4 is 0 Å². The third-order valence-electron chi connectivity index (χ3n) is 4.72. The fourth-order valence-electron chi connectivity index (χ4n) is 3.18. The Kier molecular flexibility index (Phi) is 6.14. The van der Waals surface area contributed by atoms with Crippen molar-refractivity contribution in [2.45, 2.75) is 10.8 Å². The molecular weight excluding hydrogens is 428 g/mol. The summed E-state index contributed by atoms with van der Waals surface area (Å²) < 4.78 is 27.8. The van der Waals surface area contributed by atoms with Crippen LogP contribution in [0, 0.1) is 0 Å². The summed E-state index contributed by atoms with van der Waals surface area (Å²) in [7, 11) is -3.38. The molecule has 3 aromatic rings. The van der Waals surface area contributed by atoms with Crippen LogP contribution in [-0.4, -0.2) is 65.4 Å². The first-order valence-electron chi connectivity index (χ1n) is 9.13. The Morgan fingerprint density at radius 1 is 1.07 bits per heavy atom. The molecular formula is C19H20N4O3S3. The Morgan fingerprint density at radius 3 is 2.59 bits per heavy atom. The van der Waals surface area contributed by atoms with Crippen LogP contribution in [0.25, 0.3) is 10.2 Å².